The van der Waals surface area contributed by atoms with E-state index in [1.165, 1.54) is 12.0 Å². The van der Waals surface area contributed by atoms with Crippen molar-refractivity contribution in [3.63, 3.8) is 0 Å². The molecule has 30 heavy (non-hydrogen) atoms. The molecule has 0 spiro atoms. The summed E-state index contributed by atoms with van der Waals surface area (Å²) < 4.78 is 7.11. The van der Waals surface area contributed by atoms with Crippen LogP contribution in [0.3, 0.4) is 0 Å². The normalized spacial score (nSPS) is 22.1. The molecule has 0 saturated carbocycles. The predicted octanol–water partition coefficient (Wildman–Crippen LogP) is 4.92. The van der Waals surface area contributed by atoms with Crippen LogP contribution in [-0.2, 0) is 11.3 Å². The Morgan fingerprint density at radius 2 is 1.97 bits per heavy atom. The van der Waals surface area contributed by atoms with Crippen LogP contribution in [0.5, 0.6) is 10.9 Å². The number of nitrogens with zero attached hydrogens (tertiary/aromatic N) is 3. The number of hydrogen-bond donors (Lipinski definition) is 0. The van der Waals surface area contributed by atoms with Crippen LogP contribution in [0.15, 0.2) is 48.5 Å². The first-order chi connectivity index (χ1) is 14.7. The molecule has 156 valence electrons. The van der Waals surface area contributed by atoms with E-state index in [-0.39, 0.29) is 5.91 Å². The third-order valence-electron chi connectivity index (χ3n) is 6.37. The van der Waals surface area contributed by atoms with Gasteiger partial charge in [-0.1, -0.05) is 35.6 Å². The number of piperidine rings is 2. The number of likely N-dealkylation sites (tertiary alicyclic amines) is 2. The van der Waals surface area contributed by atoms with Gasteiger partial charge >= 0.3 is 0 Å². The van der Waals surface area contributed by atoms with E-state index < -0.39 is 0 Å². The highest BCUT2D eigenvalue weighted by Crippen LogP contribution is 2.33. The number of aromatic nitrogens is 1. The fourth-order valence-electron chi connectivity index (χ4n) is 4.93. The largest absolute Gasteiger partial charge is 0.431 e. The Morgan fingerprint density at radius 3 is 2.77 bits per heavy atom. The molecule has 0 unspecified atom stereocenters. The van der Waals surface area contributed by atoms with Gasteiger partial charge in [-0.05, 0) is 55.0 Å². The molecule has 0 bridgehead atoms. The van der Waals surface area contributed by atoms with Crippen molar-refractivity contribution in [2.45, 2.75) is 38.8 Å². The van der Waals surface area contributed by atoms with Crippen LogP contribution in [0.25, 0.3) is 10.2 Å². The molecule has 1 amide bonds. The Hall–Kier alpha value is -2.44. The minimum Gasteiger partial charge on any atom is -0.431 e. The van der Waals surface area contributed by atoms with Crippen molar-refractivity contribution < 1.29 is 9.53 Å². The molecule has 5 rings (SSSR count). The molecule has 0 N–H and O–H groups in total. The summed E-state index contributed by atoms with van der Waals surface area (Å²) >= 11 is 1.57. The maximum Gasteiger partial charge on any atom is 0.279 e. The number of carbonyl (C=O) groups excluding carboxylic acids is 1. The average Bonchev–Trinajstić information content (AvgIpc) is 3.17. The lowest BCUT2D eigenvalue weighted by atomic mass is 9.83. The summed E-state index contributed by atoms with van der Waals surface area (Å²) in [7, 11) is 0. The van der Waals surface area contributed by atoms with Gasteiger partial charge in [-0.25, -0.2) is 4.98 Å². The zero-order valence-electron chi connectivity index (χ0n) is 17.3. The SMILES string of the molecule is CC(=O)N1CCC[C@@H]2CN(Cc3ccc(Oc4nc5ccccc5s4)cc3)CC[C@H]21. The van der Waals surface area contributed by atoms with Gasteiger partial charge in [0.05, 0.1) is 10.2 Å². The van der Waals surface area contributed by atoms with Crippen molar-refractivity contribution in [3.8, 4) is 10.9 Å². The second-order valence-corrected chi connectivity index (χ2v) is 9.39. The van der Waals surface area contributed by atoms with Crippen LogP contribution in [-0.4, -0.2) is 46.4 Å². The highest BCUT2D eigenvalue weighted by atomic mass is 32.1. The summed E-state index contributed by atoms with van der Waals surface area (Å²) in [6, 6.07) is 16.9. The highest BCUT2D eigenvalue weighted by molar-refractivity contribution is 7.20. The van der Waals surface area contributed by atoms with E-state index in [1.807, 2.05) is 30.3 Å². The zero-order chi connectivity index (χ0) is 20.5. The summed E-state index contributed by atoms with van der Waals surface area (Å²) in [4.78, 5) is 21.1. The average molecular weight is 422 g/mol. The molecule has 2 aromatic carbocycles. The van der Waals surface area contributed by atoms with E-state index >= 15 is 0 Å². The zero-order valence-corrected chi connectivity index (χ0v) is 18.1. The molecule has 2 saturated heterocycles. The van der Waals surface area contributed by atoms with Crippen LogP contribution in [0.2, 0.25) is 0 Å². The van der Waals surface area contributed by atoms with Crippen LogP contribution >= 0.6 is 11.3 Å². The molecule has 3 heterocycles. The smallest absolute Gasteiger partial charge is 0.279 e. The van der Waals surface area contributed by atoms with E-state index in [0.29, 0.717) is 17.2 Å². The first-order valence-corrected chi connectivity index (χ1v) is 11.6. The molecule has 2 atom stereocenters. The molecule has 2 fully saturated rings. The Morgan fingerprint density at radius 1 is 1.13 bits per heavy atom. The molecule has 2 aliphatic heterocycles. The number of carbonyl (C=O) groups is 1. The topological polar surface area (TPSA) is 45.7 Å². The quantitative estimate of drug-likeness (QED) is 0.600. The Labute approximate surface area is 181 Å². The van der Waals surface area contributed by atoms with Crippen LogP contribution in [0.1, 0.15) is 31.7 Å². The summed E-state index contributed by atoms with van der Waals surface area (Å²) in [5, 5.41) is 0.679. The standard InChI is InChI=1S/C24H27N3O2S/c1-17(28)27-13-4-5-19-16-26(14-12-22(19)27)15-18-8-10-20(11-9-18)29-24-25-21-6-2-3-7-23(21)30-24/h2-3,6-11,19,22H,4-5,12-16H2,1H3/t19-,22-/m1/s1. The van der Waals surface area contributed by atoms with Gasteiger partial charge in [-0.2, -0.15) is 0 Å². The summed E-state index contributed by atoms with van der Waals surface area (Å²) in [6.07, 6.45) is 3.45. The molecule has 2 aliphatic rings. The fraction of sp³-hybridized carbons (Fsp3) is 0.417. The van der Waals surface area contributed by atoms with Crippen molar-refractivity contribution in [1.82, 2.24) is 14.8 Å². The van der Waals surface area contributed by atoms with Crippen LogP contribution in [0.4, 0.5) is 0 Å². The molecular formula is C24H27N3O2S. The molecule has 1 aromatic heterocycles. The third-order valence-corrected chi connectivity index (χ3v) is 7.28. The van der Waals surface area contributed by atoms with Gasteiger partial charge in [0.15, 0.2) is 0 Å². The molecule has 0 radical (unpaired) electrons. The van der Waals surface area contributed by atoms with E-state index in [4.69, 9.17) is 4.74 Å². The van der Waals surface area contributed by atoms with Gasteiger partial charge < -0.3 is 9.64 Å². The number of rotatable bonds is 4. The van der Waals surface area contributed by atoms with Crippen LogP contribution in [0, 0.1) is 5.92 Å². The minimum atomic E-state index is 0.238. The van der Waals surface area contributed by atoms with Gasteiger partial charge in [-0.15, -0.1) is 0 Å². The second-order valence-electron chi connectivity index (χ2n) is 8.40. The van der Waals surface area contributed by atoms with Crippen molar-refractivity contribution in [3.05, 3.63) is 54.1 Å². The number of fused-ring (bicyclic) bond motifs is 2. The summed E-state index contributed by atoms with van der Waals surface area (Å²) in [6.45, 7) is 5.73. The predicted molar refractivity (Wildman–Crippen MR) is 120 cm³/mol. The molecule has 6 heteroatoms. The number of benzene rings is 2. The molecule has 3 aromatic rings. The van der Waals surface area contributed by atoms with Crippen LogP contribution < -0.4 is 4.74 Å². The number of para-hydroxylation sites is 1. The Balaban J connectivity index is 1.20. The monoisotopic (exact) mass is 421 g/mol. The number of hydrogen-bond acceptors (Lipinski definition) is 5. The minimum absolute atomic E-state index is 0.238. The number of amides is 1. The van der Waals surface area contributed by atoms with Gasteiger partial charge in [-0.3, -0.25) is 9.69 Å². The summed E-state index contributed by atoms with van der Waals surface area (Å²) in [5.74, 6) is 1.67. The maximum absolute atomic E-state index is 11.9. The first-order valence-electron chi connectivity index (χ1n) is 10.8. The van der Waals surface area contributed by atoms with Crippen molar-refractivity contribution in [2.24, 2.45) is 5.92 Å². The molecule has 5 nitrogen and oxygen atoms in total. The van der Waals surface area contributed by atoms with Gasteiger partial charge in [0, 0.05) is 39.1 Å². The van der Waals surface area contributed by atoms with E-state index in [9.17, 15) is 4.79 Å². The van der Waals surface area contributed by atoms with Gasteiger partial charge in [0.1, 0.15) is 5.75 Å². The lowest BCUT2D eigenvalue weighted by Gasteiger charge is -2.47. The van der Waals surface area contributed by atoms with Crippen molar-refractivity contribution >= 4 is 27.5 Å². The van der Waals surface area contributed by atoms with Gasteiger partial charge in [0.2, 0.25) is 5.91 Å². The van der Waals surface area contributed by atoms with E-state index in [1.54, 1.807) is 18.3 Å². The molecular weight excluding hydrogens is 394 g/mol. The van der Waals surface area contributed by atoms with Crippen molar-refractivity contribution in [2.75, 3.05) is 19.6 Å². The lowest BCUT2D eigenvalue weighted by molar-refractivity contribution is -0.136. The summed E-state index contributed by atoms with van der Waals surface area (Å²) in [5.41, 5.74) is 2.27. The second kappa shape index (κ2) is 8.36. The third kappa shape index (κ3) is 4.07. The highest BCUT2D eigenvalue weighted by Gasteiger charge is 2.36. The first kappa shape index (κ1) is 19.5. The maximum atomic E-state index is 11.9. The number of ether oxygens (including phenoxy) is 1. The van der Waals surface area contributed by atoms with E-state index in [2.05, 4.69) is 33.0 Å². The van der Waals surface area contributed by atoms with Crippen molar-refractivity contribution in [1.29, 1.82) is 0 Å². The molecule has 0 aliphatic carbocycles. The Bertz CT molecular complexity index is 999. The number of thiazole rings is 1. The fourth-order valence-corrected chi connectivity index (χ4v) is 5.76. The van der Waals surface area contributed by atoms with Gasteiger partial charge in [0.25, 0.3) is 5.19 Å². The Kier molecular flexibility index (Phi) is 5.44. The lowest BCUT2D eigenvalue weighted by Crippen LogP contribution is -2.55. The van der Waals surface area contributed by atoms with E-state index in [0.717, 1.165) is 55.0 Å².